The first-order valence-electron chi connectivity index (χ1n) is 7.14. The first-order chi connectivity index (χ1) is 10.7. The number of hydrogen-bond acceptors (Lipinski definition) is 4. The Morgan fingerprint density at radius 2 is 2.00 bits per heavy atom. The molecule has 1 unspecified atom stereocenters. The highest BCUT2D eigenvalue weighted by Crippen LogP contribution is 2.39. The van der Waals surface area contributed by atoms with Gasteiger partial charge in [-0.2, -0.15) is 0 Å². The third-order valence-electron chi connectivity index (χ3n) is 3.82. The number of esters is 1. The van der Waals surface area contributed by atoms with Gasteiger partial charge in [0, 0.05) is 23.5 Å². The van der Waals surface area contributed by atoms with E-state index >= 15 is 0 Å². The molecule has 0 bridgehead atoms. The Kier molecular flexibility index (Phi) is 3.92. The second kappa shape index (κ2) is 6.02. The lowest BCUT2D eigenvalue weighted by Gasteiger charge is -2.24. The number of fused-ring (bicyclic) bond motifs is 1. The van der Waals surface area contributed by atoms with Crippen LogP contribution in [0.25, 0.3) is 0 Å². The van der Waals surface area contributed by atoms with E-state index in [1.807, 2.05) is 24.3 Å². The summed E-state index contributed by atoms with van der Waals surface area (Å²) in [7, 11) is 1.58. The fourth-order valence-corrected chi connectivity index (χ4v) is 2.69. The SMILES string of the molecule is COc1ccc2c(c1)C(CC(=O)c1ccccc1)CC(=O)O2. The maximum Gasteiger partial charge on any atom is 0.311 e. The van der Waals surface area contributed by atoms with Crippen molar-refractivity contribution in [2.24, 2.45) is 0 Å². The maximum atomic E-state index is 12.4. The van der Waals surface area contributed by atoms with Crippen molar-refractivity contribution in [3.63, 3.8) is 0 Å². The molecule has 1 heterocycles. The summed E-state index contributed by atoms with van der Waals surface area (Å²) in [6.07, 6.45) is 0.484. The Balaban J connectivity index is 1.88. The standard InChI is InChI=1S/C18H16O4/c1-21-14-7-8-17-15(11-14)13(10-18(20)22-17)9-16(19)12-5-3-2-4-6-12/h2-8,11,13H,9-10H2,1H3. The average Bonchev–Trinajstić information content (AvgIpc) is 2.55. The van der Waals surface area contributed by atoms with Gasteiger partial charge in [0.2, 0.25) is 0 Å². The van der Waals surface area contributed by atoms with Crippen LogP contribution in [0, 0.1) is 0 Å². The zero-order valence-corrected chi connectivity index (χ0v) is 12.2. The van der Waals surface area contributed by atoms with Crippen LogP contribution < -0.4 is 9.47 Å². The minimum absolute atomic E-state index is 0.0223. The second-order valence-corrected chi connectivity index (χ2v) is 5.27. The fourth-order valence-electron chi connectivity index (χ4n) is 2.69. The van der Waals surface area contributed by atoms with Gasteiger partial charge in [-0.15, -0.1) is 0 Å². The molecule has 112 valence electrons. The van der Waals surface area contributed by atoms with E-state index in [2.05, 4.69) is 0 Å². The molecule has 0 N–H and O–H groups in total. The Hall–Kier alpha value is -2.62. The van der Waals surface area contributed by atoms with Crippen LogP contribution >= 0.6 is 0 Å². The van der Waals surface area contributed by atoms with Crippen LogP contribution in [0.15, 0.2) is 48.5 Å². The summed E-state index contributed by atoms with van der Waals surface area (Å²) >= 11 is 0. The van der Waals surface area contributed by atoms with Crippen LogP contribution in [0.4, 0.5) is 0 Å². The Morgan fingerprint density at radius 1 is 1.23 bits per heavy atom. The molecule has 2 aromatic carbocycles. The normalized spacial score (nSPS) is 16.6. The van der Waals surface area contributed by atoms with Crippen LogP contribution in [0.5, 0.6) is 11.5 Å². The van der Waals surface area contributed by atoms with Gasteiger partial charge in [-0.3, -0.25) is 9.59 Å². The van der Waals surface area contributed by atoms with E-state index < -0.39 is 0 Å². The molecular formula is C18H16O4. The lowest BCUT2D eigenvalue weighted by Crippen LogP contribution is -2.22. The molecule has 0 fully saturated rings. The molecule has 0 aliphatic carbocycles. The van der Waals surface area contributed by atoms with Crippen LogP contribution in [-0.2, 0) is 4.79 Å². The molecule has 0 radical (unpaired) electrons. The first-order valence-corrected chi connectivity index (χ1v) is 7.14. The summed E-state index contributed by atoms with van der Waals surface area (Å²) in [5.74, 6) is 0.744. The van der Waals surface area contributed by atoms with E-state index in [-0.39, 0.29) is 30.5 Å². The van der Waals surface area contributed by atoms with Gasteiger partial charge in [-0.1, -0.05) is 30.3 Å². The van der Waals surface area contributed by atoms with E-state index in [1.165, 1.54) is 0 Å². The predicted molar refractivity (Wildman–Crippen MR) is 81.4 cm³/mol. The Labute approximate surface area is 128 Å². The molecule has 0 saturated carbocycles. The third kappa shape index (κ3) is 2.86. The van der Waals surface area contributed by atoms with Crippen LogP contribution in [0.1, 0.15) is 34.7 Å². The summed E-state index contributed by atoms with van der Waals surface area (Å²) in [6, 6.07) is 14.4. The molecule has 0 saturated heterocycles. The largest absolute Gasteiger partial charge is 0.497 e. The first kappa shape index (κ1) is 14.3. The summed E-state index contributed by atoms with van der Waals surface area (Å²) in [5, 5.41) is 0. The second-order valence-electron chi connectivity index (χ2n) is 5.27. The molecule has 1 aliphatic heterocycles. The van der Waals surface area contributed by atoms with Crippen molar-refractivity contribution in [2.75, 3.05) is 7.11 Å². The number of carbonyl (C=O) groups is 2. The predicted octanol–water partition coefficient (Wildman–Crippen LogP) is 3.36. The van der Waals surface area contributed by atoms with Crippen molar-refractivity contribution in [1.82, 2.24) is 0 Å². The van der Waals surface area contributed by atoms with Gasteiger partial charge in [0.15, 0.2) is 5.78 Å². The van der Waals surface area contributed by atoms with Crippen molar-refractivity contribution in [3.05, 3.63) is 59.7 Å². The van der Waals surface area contributed by atoms with Gasteiger partial charge in [-0.05, 0) is 18.2 Å². The number of rotatable bonds is 4. The number of ketones is 1. The number of hydrogen-bond donors (Lipinski definition) is 0. The number of ether oxygens (including phenoxy) is 2. The molecule has 2 aromatic rings. The Bertz CT molecular complexity index is 706. The smallest absolute Gasteiger partial charge is 0.311 e. The van der Waals surface area contributed by atoms with Crippen LogP contribution in [0.2, 0.25) is 0 Å². The van der Waals surface area contributed by atoms with Crippen molar-refractivity contribution in [2.45, 2.75) is 18.8 Å². The molecule has 22 heavy (non-hydrogen) atoms. The lowest BCUT2D eigenvalue weighted by atomic mass is 9.87. The molecule has 1 aliphatic rings. The molecule has 1 atom stereocenters. The van der Waals surface area contributed by atoms with Gasteiger partial charge >= 0.3 is 5.97 Å². The van der Waals surface area contributed by atoms with Gasteiger partial charge in [0.1, 0.15) is 11.5 Å². The van der Waals surface area contributed by atoms with Crippen molar-refractivity contribution < 1.29 is 19.1 Å². The van der Waals surface area contributed by atoms with Gasteiger partial charge in [0.25, 0.3) is 0 Å². The quantitative estimate of drug-likeness (QED) is 0.493. The monoisotopic (exact) mass is 296 g/mol. The highest BCUT2D eigenvalue weighted by atomic mass is 16.5. The highest BCUT2D eigenvalue weighted by Gasteiger charge is 2.29. The summed E-state index contributed by atoms with van der Waals surface area (Å²) in [4.78, 5) is 24.1. The zero-order chi connectivity index (χ0) is 15.5. The molecule has 3 rings (SSSR count). The van der Waals surface area contributed by atoms with E-state index in [9.17, 15) is 9.59 Å². The van der Waals surface area contributed by atoms with E-state index in [1.54, 1.807) is 31.4 Å². The molecular weight excluding hydrogens is 280 g/mol. The van der Waals surface area contributed by atoms with Crippen LogP contribution in [-0.4, -0.2) is 18.9 Å². The number of Topliss-reactive ketones (excluding diaryl/α,β-unsaturated/α-hetero) is 1. The molecule has 0 aromatic heterocycles. The third-order valence-corrected chi connectivity index (χ3v) is 3.82. The van der Waals surface area contributed by atoms with Gasteiger partial charge < -0.3 is 9.47 Å². The van der Waals surface area contributed by atoms with Crippen molar-refractivity contribution in [3.8, 4) is 11.5 Å². The molecule has 0 spiro atoms. The zero-order valence-electron chi connectivity index (χ0n) is 12.2. The molecule has 4 heteroatoms. The molecule has 4 nitrogen and oxygen atoms in total. The Morgan fingerprint density at radius 3 is 2.73 bits per heavy atom. The summed E-state index contributed by atoms with van der Waals surface area (Å²) in [5.41, 5.74) is 1.51. The van der Waals surface area contributed by atoms with E-state index in [0.717, 1.165) is 5.56 Å². The minimum atomic E-state index is -0.302. The maximum absolute atomic E-state index is 12.4. The van der Waals surface area contributed by atoms with Crippen molar-refractivity contribution in [1.29, 1.82) is 0 Å². The molecule has 0 amide bonds. The van der Waals surface area contributed by atoms with Gasteiger partial charge in [0.05, 0.1) is 13.5 Å². The summed E-state index contributed by atoms with van der Waals surface area (Å²) < 4.78 is 10.5. The number of benzene rings is 2. The average molecular weight is 296 g/mol. The summed E-state index contributed by atoms with van der Waals surface area (Å²) in [6.45, 7) is 0. The topological polar surface area (TPSA) is 52.6 Å². The number of carbonyl (C=O) groups excluding carboxylic acids is 2. The minimum Gasteiger partial charge on any atom is -0.497 e. The lowest BCUT2D eigenvalue weighted by molar-refractivity contribution is -0.135. The van der Waals surface area contributed by atoms with Crippen LogP contribution in [0.3, 0.4) is 0 Å². The fraction of sp³-hybridized carbons (Fsp3) is 0.222. The highest BCUT2D eigenvalue weighted by molar-refractivity contribution is 5.97. The van der Waals surface area contributed by atoms with Crippen molar-refractivity contribution >= 4 is 11.8 Å². The van der Waals surface area contributed by atoms with E-state index in [4.69, 9.17) is 9.47 Å². The van der Waals surface area contributed by atoms with E-state index in [0.29, 0.717) is 17.1 Å². The van der Waals surface area contributed by atoms with Gasteiger partial charge in [-0.25, -0.2) is 0 Å². The number of methoxy groups -OCH3 is 1.